The molecule has 0 saturated heterocycles. The molecular formula is C11H11N3O. The number of pyridine rings is 2. The van der Waals surface area contributed by atoms with E-state index in [1.807, 2.05) is 0 Å². The summed E-state index contributed by atoms with van der Waals surface area (Å²) in [4.78, 5) is 8.33. The number of aliphatic hydroxyl groups is 1. The minimum atomic E-state index is -0.00215. The van der Waals surface area contributed by atoms with E-state index in [9.17, 15) is 0 Å². The Balaban J connectivity index is 2.44. The quantitative estimate of drug-likeness (QED) is 0.766. The molecule has 15 heavy (non-hydrogen) atoms. The number of aromatic nitrogens is 2. The molecule has 0 aliphatic rings. The smallest absolute Gasteiger partial charge is 0.0906 e. The lowest BCUT2D eigenvalue weighted by atomic mass is 10.2. The second-order valence-electron chi connectivity index (χ2n) is 3.18. The molecule has 4 nitrogen and oxygen atoms in total. The van der Waals surface area contributed by atoms with Crippen molar-refractivity contribution in [1.82, 2.24) is 9.97 Å². The fraction of sp³-hybridized carbons (Fsp3) is 0.0909. The molecule has 2 heterocycles. The third kappa shape index (κ3) is 2.11. The van der Waals surface area contributed by atoms with Gasteiger partial charge in [-0.1, -0.05) is 0 Å². The van der Waals surface area contributed by atoms with Crippen LogP contribution in [0.2, 0.25) is 0 Å². The highest BCUT2D eigenvalue weighted by molar-refractivity contribution is 5.59. The van der Waals surface area contributed by atoms with E-state index in [0.29, 0.717) is 17.1 Å². The number of nitrogen functional groups attached to an aromatic ring is 1. The number of rotatable bonds is 2. The summed E-state index contributed by atoms with van der Waals surface area (Å²) in [6.45, 7) is -0.00215. The Hall–Kier alpha value is -1.94. The minimum Gasteiger partial charge on any atom is -0.399 e. The van der Waals surface area contributed by atoms with Gasteiger partial charge >= 0.3 is 0 Å². The van der Waals surface area contributed by atoms with Crippen LogP contribution in [0, 0.1) is 0 Å². The highest BCUT2D eigenvalue weighted by atomic mass is 16.3. The summed E-state index contributed by atoms with van der Waals surface area (Å²) in [7, 11) is 0. The largest absolute Gasteiger partial charge is 0.399 e. The highest BCUT2D eigenvalue weighted by Gasteiger charge is 2.01. The molecular weight excluding hydrogens is 190 g/mol. The normalized spacial score (nSPS) is 10.2. The average molecular weight is 201 g/mol. The van der Waals surface area contributed by atoms with Crippen LogP contribution in [-0.2, 0) is 6.61 Å². The Morgan fingerprint density at radius 3 is 2.40 bits per heavy atom. The van der Waals surface area contributed by atoms with Gasteiger partial charge in [-0.2, -0.15) is 0 Å². The van der Waals surface area contributed by atoms with Crippen molar-refractivity contribution < 1.29 is 5.11 Å². The monoisotopic (exact) mass is 201 g/mol. The fourth-order valence-corrected chi connectivity index (χ4v) is 1.30. The zero-order chi connectivity index (χ0) is 10.7. The van der Waals surface area contributed by atoms with Gasteiger partial charge in [-0.05, 0) is 29.8 Å². The SMILES string of the molecule is Nc1ccnc(-c2cc(CO)ccn2)c1. The summed E-state index contributed by atoms with van der Waals surface area (Å²) in [5, 5.41) is 8.99. The zero-order valence-corrected chi connectivity index (χ0v) is 8.09. The molecule has 0 aromatic carbocycles. The molecule has 0 fully saturated rings. The van der Waals surface area contributed by atoms with Gasteiger partial charge in [0.05, 0.1) is 18.0 Å². The lowest BCUT2D eigenvalue weighted by Crippen LogP contribution is -1.92. The van der Waals surface area contributed by atoms with Crippen molar-refractivity contribution in [3.63, 3.8) is 0 Å². The van der Waals surface area contributed by atoms with Crippen molar-refractivity contribution in [3.8, 4) is 11.4 Å². The molecule has 0 aliphatic carbocycles. The van der Waals surface area contributed by atoms with Crippen molar-refractivity contribution in [1.29, 1.82) is 0 Å². The van der Waals surface area contributed by atoms with Crippen molar-refractivity contribution in [2.24, 2.45) is 0 Å². The highest BCUT2D eigenvalue weighted by Crippen LogP contribution is 2.17. The minimum absolute atomic E-state index is 0.00215. The van der Waals surface area contributed by atoms with Gasteiger partial charge in [0, 0.05) is 18.1 Å². The number of nitrogens with two attached hydrogens (primary N) is 1. The van der Waals surface area contributed by atoms with Crippen LogP contribution in [0.3, 0.4) is 0 Å². The van der Waals surface area contributed by atoms with Crippen LogP contribution in [0.25, 0.3) is 11.4 Å². The Morgan fingerprint density at radius 1 is 1.07 bits per heavy atom. The van der Waals surface area contributed by atoms with Gasteiger partial charge in [-0.25, -0.2) is 0 Å². The first-order valence-electron chi connectivity index (χ1n) is 4.57. The molecule has 0 atom stereocenters. The van der Waals surface area contributed by atoms with Gasteiger partial charge in [-0.3, -0.25) is 9.97 Å². The molecule has 0 amide bonds. The van der Waals surface area contributed by atoms with Crippen LogP contribution in [0.15, 0.2) is 36.7 Å². The first-order chi connectivity index (χ1) is 7.29. The lowest BCUT2D eigenvalue weighted by Gasteiger charge is -2.02. The van der Waals surface area contributed by atoms with Gasteiger partial charge in [-0.15, -0.1) is 0 Å². The van der Waals surface area contributed by atoms with Crippen molar-refractivity contribution >= 4 is 5.69 Å². The van der Waals surface area contributed by atoms with Crippen LogP contribution in [0.1, 0.15) is 5.56 Å². The Labute approximate surface area is 87.4 Å². The van der Waals surface area contributed by atoms with E-state index in [4.69, 9.17) is 10.8 Å². The summed E-state index contributed by atoms with van der Waals surface area (Å²) in [6, 6.07) is 7.03. The predicted molar refractivity (Wildman–Crippen MR) is 57.8 cm³/mol. The molecule has 2 aromatic rings. The first kappa shape index (κ1) is 9.61. The molecule has 4 heteroatoms. The summed E-state index contributed by atoms with van der Waals surface area (Å²) in [5.41, 5.74) is 8.54. The van der Waals surface area contributed by atoms with E-state index in [-0.39, 0.29) is 6.61 Å². The van der Waals surface area contributed by atoms with Crippen LogP contribution >= 0.6 is 0 Å². The molecule has 0 aliphatic heterocycles. The fourth-order valence-electron chi connectivity index (χ4n) is 1.30. The number of nitrogens with zero attached hydrogens (tertiary/aromatic N) is 2. The Kier molecular flexibility index (Phi) is 2.60. The number of hydrogen-bond acceptors (Lipinski definition) is 4. The van der Waals surface area contributed by atoms with Gasteiger partial charge < -0.3 is 10.8 Å². The van der Waals surface area contributed by atoms with Crippen LogP contribution in [0.5, 0.6) is 0 Å². The van der Waals surface area contributed by atoms with Gasteiger partial charge in [0.15, 0.2) is 0 Å². The molecule has 2 aromatic heterocycles. The first-order valence-corrected chi connectivity index (χ1v) is 4.57. The summed E-state index contributed by atoms with van der Waals surface area (Å²) < 4.78 is 0. The number of anilines is 1. The van der Waals surface area contributed by atoms with E-state index < -0.39 is 0 Å². The van der Waals surface area contributed by atoms with E-state index in [0.717, 1.165) is 5.56 Å². The molecule has 0 saturated carbocycles. The van der Waals surface area contributed by atoms with E-state index >= 15 is 0 Å². The molecule has 76 valence electrons. The van der Waals surface area contributed by atoms with Crippen molar-refractivity contribution in [2.45, 2.75) is 6.61 Å². The van der Waals surface area contributed by atoms with Gasteiger partial charge in [0.2, 0.25) is 0 Å². The molecule has 3 N–H and O–H groups in total. The second kappa shape index (κ2) is 4.06. The topological polar surface area (TPSA) is 72.0 Å². The van der Waals surface area contributed by atoms with E-state index in [2.05, 4.69) is 9.97 Å². The second-order valence-corrected chi connectivity index (χ2v) is 3.18. The zero-order valence-electron chi connectivity index (χ0n) is 8.09. The molecule has 0 radical (unpaired) electrons. The van der Waals surface area contributed by atoms with Crippen LogP contribution < -0.4 is 5.73 Å². The van der Waals surface area contributed by atoms with Gasteiger partial charge in [0.1, 0.15) is 0 Å². The van der Waals surface area contributed by atoms with E-state index in [1.165, 1.54) is 0 Å². The summed E-state index contributed by atoms with van der Waals surface area (Å²) >= 11 is 0. The molecule has 0 unspecified atom stereocenters. The third-order valence-electron chi connectivity index (χ3n) is 2.05. The Morgan fingerprint density at radius 2 is 1.73 bits per heavy atom. The number of hydrogen-bond donors (Lipinski definition) is 2. The van der Waals surface area contributed by atoms with E-state index in [1.54, 1.807) is 36.7 Å². The molecule has 2 rings (SSSR count). The van der Waals surface area contributed by atoms with Crippen LogP contribution in [-0.4, -0.2) is 15.1 Å². The maximum atomic E-state index is 8.99. The van der Waals surface area contributed by atoms with Gasteiger partial charge in [0.25, 0.3) is 0 Å². The van der Waals surface area contributed by atoms with Crippen molar-refractivity contribution in [2.75, 3.05) is 5.73 Å². The maximum absolute atomic E-state index is 8.99. The molecule has 0 spiro atoms. The van der Waals surface area contributed by atoms with Crippen LogP contribution in [0.4, 0.5) is 5.69 Å². The number of aliphatic hydroxyl groups excluding tert-OH is 1. The standard InChI is InChI=1S/C11H11N3O/c12-9-2-4-14-11(6-9)10-5-8(7-15)1-3-13-10/h1-6,15H,7H2,(H2,12,14). The Bertz CT molecular complexity index is 471. The molecule has 0 bridgehead atoms. The summed E-state index contributed by atoms with van der Waals surface area (Å²) in [6.07, 6.45) is 3.28. The third-order valence-corrected chi connectivity index (χ3v) is 2.05. The predicted octanol–water partition coefficient (Wildman–Crippen LogP) is 1.22. The maximum Gasteiger partial charge on any atom is 0.0906 e. The summed E-state index contributed by atoms with van der Waals surface area (Å²) in [5.74, 6) is 0. The van der Waals surface area contributed by atoms with Crippen molar-refractivity contribution in [3.05, 3.63) is 42.2 Å². The lowest BCUT2D eigenvalue weighted by molar-refractivity contribution is 0.282. The average Bonchev–Trinajstić information content (AvgIpc) is 2.29.